The lowest BCUT2D eigenvalue weighted by molar-refractivity contribution is 0.0705. The Morgan fingerprint density at radius 1 is 1.15 bits per heavy atom. The minimum Gasteiger partial charge on any atom is -0.463 e. The summed E-state index contributed by atoms with van der Waals surface area (Å²) in [5.74, 6) is 2.85. The maximum Gasteiger partial charge on any atom is 0.259 e. The molecule has 0 aliphatic carbocycles. The van der Waals surface area contributed by atoms with Gasteiger partial charge in [-0.1, -0.05) is 11.6 Å². The van der Waals surface area contributed by atoms with Crippen LogP contribution in [0.2, 0.25) is 0 Å². The van der Waals surface area contributed by atoms with Gasteiger partial charge in [-0.25, -0.2) is 4.98 Å². The Hall–Kier alpha value is -3.49. The number of carbonyl (C=O) groups excluding carboxylic acids is 1. The minimum atomic E-state index is -0.0400. The van der Waals surface area contributed by atoms with Crippen molar-refractivity contribution in [2.45, 2.75) is 57.9 Å². The van der Waals surface area contributed by atoms with Gasteiger partial charge in [0.05, 0.1) is 22.9 Å². The molecule has 0 saturated carbocycles. The first-order chi connectivity index (χ1) is 16.2. The van der Waals surface area contributed by atoms with E-state index in [0.717, 1.165) is 43.9 Å². The summed E-state index contributed by atoms with van der Waals surface area (Å²) in [5.41, 5.74) is 2.11. The van der Waals surface area contributed by atoms with Crippen molar-refractivity contribution in [1.29, 1.82) is 0 Å². The molecule has 4 aromatic heterocycles. The molecule has 2 aliphatic rings. The van der Waals surface area contributed by atoms with Gasteiger partial charge in [-0.05, 0) is 50.8 Å². The smallest absolute Gasteiger partial charge is 0.259 e. The summed E-state index contributed by atoms with van der Waals surface area (Å²) < 4.78 is 13.2. The molecule has 1 unspecified atom stereocenters. The lowest BCUT2D eigenvalue weighted by Crippen LogP contribution is -2.40. The molecule has 0 radical (unpaired) electrons. The van der Waals surface area contributed by atoms with Crippen LogP contribution in [-0.4, -0.2) is 48.8 Å². The molecule has 1 saturated heterocycles. The van der Waals surface area contributed by atoms with E-state index in [0.29, 0.717) is 46.9 Å². The van der Waals surface area contributed by atoms with Crippen LogP contribution in [0.15, 0.2) is 33.4 Å². The molecule has 2 aliphatic heterocycles. The second-order valence-electron chi connectivity index (χ2n) is 9.01. The molecule has 9 nitrogen and oxygen atoms in total. The summed E-state index contributed by atoms with van der Waals surface area (Å²) in [7, 11) is 0. The van der Waals surface area contributed by atoms with Crippen LogP contribution in [0.3, 0.4) is 0 Å². The lowest BCUT2D eigenvalue weighted by atomic mass is 9.96. The van der Waals surface area contributed by atoms with E-state index in [1.54, 1.807) is 18.4 Å². The Bertz CT molecular complexity index is 1310. The maximum atomic E-state index is 13.8. The molecule has 1 atom stereocenters. The molecule has 0 aromatic carbocycles. The molecule has 33 heavy (non-hydrogen) atoms. The second-order valence-corrected chi connectivity index (χ2v) is 9.01. The van der Waals surface area contributed by atoms with Crippen LogP contribution in [0.5, 0.6) is 0 Å². The monoisotopic (exact) mass is 446 g/mol. The topological polar surface area (TPSA) is 103 Å². The molecule has 0 bridgehead atoms. The fraction of sp³-hybridized carbons (Fsp3) is 0.458. The van der Waals surface area contributed by atoms with Crippen molar-refractivity contribution >= 4 is 17.0 Å². The number of fused-ring (bicyclic) bond motifs is 2. The number of piperidine rings is 1. The highest BCUT2D eigenvalue weighted by Gasteiger charge is 2.31. The van der Waals surface area contributed by atoms with E-state index >= 15 is 0 Å². The zero-order valence-corrected chi connectivity index (χ0v) is 18.7. The van der Waals surface area contributed by atoms with Crippen LogP contribution in [0.1, 0.15) is 65.7 Å². The van der Waals surface area contributed by atoms with Crippen LogP contribution in [0.25, 0.3) is 22.6 Å². The number of hydrogen-bond acceptors (Lipinski definition) is 7. The van der Waals surface area contributed by atoms with Gasteiger partial charge in [-0.3, -0.25) is 4.79 Å². The quantitative estimate of drug-likeness (QED) is 0.466. The predicted octanol–water partition coefficient (Wildman–Crippen LogP) is 4.13. The predicted molar refractivity (Wildman–Crippen MR) is 120 cm³/mol. The lowest BCUT2D eigenvalue weighted by Gasteiger charge is -2.32. The second kappa shape index (κ2) is 8.13. The van der Waals surface area contributed by atoms with Gasteiger partial charge >= 0.3 is 0 Å². The Morgan fingerprint density at radius 3 is 2.97 bits per heavy atom. The Kier molecular flexibility index (Phi) is 4.96. The van der Waals surface area contributed by atoms with Gasteiger partial charge in [0.1, 0.15) is 17.3 Å². The number of rotatable bonds is 3. The zero-order valence-electron chi connectivity index (χ0n) is 18.7. The van der Waals surface area contributed by atoms with E-state index in [-0.39, 0.29) is 11.8 Å². The van der Waals surface area contributed by atoms with Crippen molar-refractivity contribution in [1.82, 2.24) is 29.8 Å². The van der Waals surface area contributed by atoms with E-state index in [4.69, 9.17) is 8.94 Å². The third-order valence-electron chi connectivity index (χ3n) is 6.83. The van der Waals surface area contributed by atoms with E-state index in [9.17, 15) is 4.79 Å². The molecule has 9 heteroatoms. The van der Waals surface area contributed by atoms with Crippen molar-refractivity contribution in [2.75, 3.05) is 13.1 Å². The van der Waals surface area contributed by atoms with Crippen LogP contribution in [0, 0.1) is 6.92 Å². The summed E-state index contributed by atoms with van der Waals surface area (Å²) in [4.78, 5) is 20.3. The number of hydrogen-bond donors (Lipinski definition) is 0. The molecule has 4 aromatic rings. The van der Waals surface area contributed by atoms with Crippen molar-refractivity contribution in [3.05, 3.63) is 47.4 Å². The van der Waals surface area contributed by atoms with Crippen molar-refractivity contribution in [3.8, 4) is 11.5 Å². The van der Waals surface area contributed by atoms with Crippen molar-refractivity contribution in [2.24, 2.45) is 0 Å². The normalized spacial score (nSPS) is 18.9. The number of furan rings is 1. The average molecular weight is 447 g/mol. The highest BCUT2D eigenvalue weighted by atomic mass is 16.5. The van der Waals surface area contributed by atoms with Crippen LogP contribution in [0.4, 0.5) is 0 Å². The van der Waals surface area contributed by atoms with E-state index in [2.05, 4.69) is 24.9 Å². The summed E-state index contributed by atoms with van der Waals surface area (Å²) in [6, 6.07) is 5.41. The standard InChI is InChI=1S/C24H26N6O3/c1-15-21-17(13-18(19-8-6-12-32-19)25-23(21)33-28-15)24(31)29-10-5-7-16(14-29)22-27-26-20-9-3-2-4-11-30(20)22/h6,8,12-13,16H,2-5,7,9-11,14H2,1H3. The Morgan fingerprint density at radius 2 is 2.09 bits per heavy atom. The van der Waals surface area contributed by atoms with Gasteiger partial charge in [0.25, 0.3) is 11.6 Å². The number of nitrogens with zero attached hydrogens (tertiary/aromatic N) is 6. The number of aryl methyl sites for hydroxylation is 2. The first kappa shape index (κ1) is 20.1. The largest absolute Gasteiger partial charge is 0.463 e. The Balaban J connectivity index is 1.34. The third kappa shape index (κ3) is 3.51. The van der Waals surface area contributed by atoms with Crippen LogP contribution >= 0.6 is 0 Å². The number of aromatic nitrogens is 5. The molecule has 0 N–H and O–H groups in total. The molecule has 1 amide bonds. The fourth-order valence-electron chi connectivity index (χ4n) is 5.17. The highest BCUT2D eigenvalue weighted by molar-refractivity contribution is 6.06. The summed E-state index contributed by atoms with van der Waals surface area (Å²) in [5, 5.41) is 13.8. The molecular formula is C24H26N6O3. The zero-order chi connectivity index (χ0) is 22.4. The number of pyridine rings is 1. The molecule has 0 spiro atoms. The maximum absolute atomic E-state index is 13.8. The molecular weight excluding hydrogens is 420 g/mol. The number of likely N-dealkylation sites (tertiary alicyclic amines) is 1. The number of amides is 1. The Labute approximate surface area is 190 Å². The third-order valence-corrected chi connectivity index (χ3v) is 6.83. The average Bonchev–Trinajstić information content (AvgIpc) is 3.56. The van der Waals surface area contributed by atoms with Crippen molar-refractivity contribution < 1.29 is 13.7 Å². The number of carbonyl (C=O) groups is 1. The van der Waals surface area contributed by atoms with Gasteiger partial charge in [-0.15, -0.1) is 10.2 Å². The molecule has 170 valence electrons. The minimum absolute atomic E-state index is 0.0400. The van der Waals surface area contributed by atoms with Gasteiger partial charge in [0.2, 0.25) is 0 Å². The van der Waals surface area contributed by atoms with Crippen LogP contribution in [-0.2, 0) is 13.0 Å². The first-order valence-electron chi connectivity index (χ1n) is 11.7. The van der Waals surface area contributed by atoms with Gasteiger partial charge in [0.15, 0.2) is 5.76 Å². The van der Waals surface area contributed by atoms with Gasteiger partial charge in [-0.2, -0.15) is 0 Å². The highest BCUT2D eigenvalue weighted by Crippen LogP contribution is 2.32. The SMILES string of the molecule is Cc1noc2nc(-c3ccco3)cc(C(=O)N3CCCC(c4nnc5n4CCCCC5)C3)c12. The summed E-state index contributed by atoms with van der Waals surface area (Å²) in [6.07, 6.45) is 8.07. The summed E-state index contributed by atoms with van der Waals surface area (Å²) >= 11 is 0. The molecule has 6 rings (SSSR count). The summed E-state index contributed by atoms with van der Waals surface area (Å²) in [6.45, 7) is 4.14. The van der Waals surface area contributed by atoms with Crippen molar-refractivity contribution in [3.63, 3.8) is 0 Å². The van der Waals surface area contributed by atoms with Gasteiger partial charge in [0, 0.05) is 32.0 Å². The molecule has 6 heterocycles. The fourth-order valence-corrected chi connectivity index (χ4v) is 5.17. The van der Waals surface area contributed by atoms with E-state index < -0.39 is 0 Å². The first-order valence-corrected chi connectivity index (χ1v) is 11.7. The van der Waals surface area contributed by atoms with E-state index in [1.165, 1.54) is 12.8 Å². The van der Waals surface area contributed by atoms with Gasteiger partial charge < -0.3 is 18.4 Å². The van der Waals surface area contributed by atoms with Crippen LogP contribution < -0.4 is 0 Å². The van der Waals surface area contributed by atoms with E-state index in [1.807, 2.05) is 17.9 Å². The molecule has 1 fully saturated rings.